The Kier molecular flexibility index (Phi) is 7.94. The van der Waals surface area contributed by atoms with Gasteiger partial charge in [0.05, 0.1) is 0 Å². The summed E-state index contributed by atoms with van der Waals surface area (Å²) in [7, 11) is 0. The fourth-order valence-electron chi connectivity index (χ4n) is 3.67. The van der Waals surface area contributed by atoms with E-state index in [9.17, 15) is 8.78 Å². The minimum absolute atomic E-state index is 0.485. The van der Waals surface area contributed by atoms with Gasteiger partial charge < -0.3 is 0 Å². The number of aryl methyl sites for hydroxylation is 1. The Morgan fingerprint density at radius 1 is 0.958 bits per heavy atom. The maximum Gasteiger partial charge on any atom is 0.166 e. The predicted molar refractivity (Wildman–Crippen MR) is 99.0 cm³/mol. The van der Waals surface area contributed by atoms with E-state index in [2.05, 4.69) is 19.9 Å². The van der Waals surface area contributed by atoms with Crippen molar-refractivity contribution in [1.29, 1.82) is 0 Å². The average Bonchev–Trinajstić information content (AvgIpc) is 2.60. The fourth-order valence-corrected chi connectivity index (χ4v) is 3.67. The normalized spacial score (nSPS) is 17.8. The number of rotatable bonds is 9. The van der Waals surface area contributed by atoms with Crippen molar-refractivity contribution in [3.05, 3.63) is 41.0 Å². The monoisotopic (exact) mass is 334 g/mol. The molecule has 1 aliphatic carbocycles. The Hall–Kier alpha value is -1.18. The van der Waals surface area contributed by atoms with Gasteiger partial charge in [0.2, 0.25) is 0 Å². The van der Waals surface area contributed by atoms with Gasteiger partial charge in [-0.3, -0.25) is 0 Å². The summed E-state index contributed by atoms with van der Waals surface area (Å²) >= 11 is 0. The lowest BCUT2D eigenvalue weighted by atomic mass is 9.83. The standard InChI is InChI=1S/C22H32F2/c1-3-5-7-9-17-11-13-18(14-12-17)20-16-15-19(10-8-6-4-2)21(23)22(20)24/h13,15-17H,3-12,14H2,1-2H3. The summed E-state index contributed by atoms with van der Waals surface area (Å²) in [5.41, 5.74) is 2.01. The van der Waals surface area contributed by atoms with Gasteiger partial charge in [-0.15, -0.1) is 0 Å². The molecule has 0 fully saturated rings. The number of hydrogen-bond donors (Lipinski definition) is 0. The van der Waals surface area contributed by atoms with Crippen molar-refractivity contribution in [3.63, 3.8) is 0 Å². The molecule has 134 valence electrons. The summed E-state index contributed by atoms with van der Waals surface area (Å²) in [4.78, 5) is 0. The first-order valence-electron chi connectivity index (χ1n) is 9.83. The van der Waals surface area contributed by atoms with Crippen molar-refractivity contribution >= 4 is 5.57 Å². The van der Waals surface area contributed by atoms with Crippen LogP contribution in [-0.2, 0) is 6.42 Å². The molecular weight excluding hydrogens is 302 g/mol. The Balaban J connectivity index is 2.00. The summed E-state index contributed by atoms with van der Waals surface area (Å²) in [6.45, 7) is 4.34. The lowest BCUT2D eigenvalue weighted by molar-refractivity contribution is 0.427. The number of allylic oxidation sites excluding steroid dienone is 2. The van der Waals surface area contributed by atoms with Crippen LogP contribution in [0.2, 0.25) is 0 Å². The molecule has 1 aromatic rings. The van der Waals surface area contributed by atoms with Crippen molar-refractivity contribution in [2.24, 2.45) is 5.92 Å². The molecule has 0 radical (unpaired) electrons. The molecule has 1 unspecified atom stereocenters. The van der Waals surface area contributed by atoms with Crippen molar-refractivity contribution in [2.75, 3.05) is 0 Å². The van der Waals surface area contributed by atoms with E-state index < -0.39 is 11.6 Å². The van der Waals surface area contributed by atoms with Crippen molar-refractivity contribution in [1.82, 2.24) is 0 Å². The molecule has 0 aromatic heterocycles. The van der Waals surface area contributed by atoms with E-state index in [4.69, 9.17) is 0 Å². The quantitative estimate of drug-likeness (QED) is 0.411. The Morgan fingerprint density at radius 3 is 2.38 bits per heavy atom. The molecule has 1 atom stereocenters. The maximum absolute atomic E-state index is 14.5. The molecular formula is C22H32F2. The fraction of sp³-hybridized carbons (Fsp3) is 0.636. The minimum Gasteiger partial charge on any atom is -0.203 e. The first kappa shape index (κ1) is 19.1. The molecule has 0 nitrogen and oxygen atoms in total. The number of unbranched alkanes of at least 4 members (excludes halogenated alkanes) is 4. The van der Waals surface area contributed by atoms with Gasteiger partial charge in [0.25, 0.3) is 0 Å². The smallest absolute Gasteiger partial charge is 0.166 e. The minimum atomic E-state index is -0.639. The lowest BCUT2D eigenvalue weighted by Crippen LogP contribution is -2.07. The first-order valence-corrected chi connectivity index (χ1v) is 9.83. The van der Waals surface area contributed by atoms with Gasteiger partial charge in [-0.1, -0.05) is 70.6 Å². The molecule has 0 spiro atoms. The highest BCUT2D eigenvalue weighted by Crippen LogP contribution is 2.34. The third kappa shape index (κ3) is 5.16. The number of benzene rings is 1. The third-order valence-corrected chi connectivity index (χ3v) is 5.29. The Morgan fingerprint density at radius 2 is 1.71 bits per heavy atom. The summed E-state index contributed by atoms with van der Waals surface area (Å²) in [6, 6.07) is 3.58. The molecule has 0 saturated heterocycles. The van der Waals surface area contributed by atoms with Gasteiger partial charge in [-0.2, -0.15) is 0 Å². The molecule has 0 bridgehead atoms. The molecule has 0 aliphatic heterocycles. The van der Waals surface area contributed by atoms with E-state index in [1.165, 1.54) is 25.7 Å². The first-order chi connectivity index (χ1) is 11.7. The second-order valence-electron chi connectivity index (χ2n) is 7.22. The topological polar surface area (TPSA) is 0 Å². The Bertz CT molecular complexity index is 545. The average molecular weight is 334 g/mol. The van der Waals surface area contributed by atoms with Gasteiger partial charge >= 0.3 is 0 Å². The highest BCUT2D eigenvalue weighted by molar-refractivity contribution is 5.67. The summed E-state index contributed by atoms with van der Waals surface area (Å²) in [6.07, 6.45) is 14.0. The van der Waals surface area contributed by atoms with Crippen molar-refractivity contribution in [3.8, 4) is 0 Å². The van der Waals surface area contributed by atoms with Crippen LogP contribution in [0.3, 0.4) is 0 Å². The van der Waals surface area contributed by atoms with Crippen molar-refractivity contribution in [2.45, 2.75) is 84.5 Å². The van der Waals surface area contributed by atoms with Crippen LogP contribution < -0.4 is 0 Å². The van der Waals surface area contributed by atoms with Crippen LogP contribution in [0.25, 0.3) is 5.57 Å². The highest BCUT2D eigenvalue weighted by atomic mass is 19.2. The van der Waals surface area contributed by atoms with Crippen molar-refractivity contribution < 1.29 is 8.78 Å². The molecule has 24 heavy (non-hydrogen) atoms. The molecule has 0 saturated carbocycles. The second kappa shape index (κ2) is 9.96. The summed E-state index contributed by atoms with van der Waals surface area (Å²) < 4.78 is 28.8. The van der Waals surface area contributed by atoms with Gasteiger partial charge in [0.1, 0.15) is 0 Å². The van der Waals surface area contributed by atoms with E-state index in [1.807, 2.05) is 0 Å². The van der Waals surface area contributed by atoms with Crippen LogP contribution in [0.15, 0.2) is 18.2 Å². The van der Waals surface area contributed by atoms with Crippen LogP contribution in [0.1, 0.15) is 89.2 Å². The highest BCUT2D eigenvalue weighted by Gasteiger charge is 2.20. The SMILES string of the molecule is CCCCCc1ccc(C2=CCC(CCCCC)CC2)c(F)c1F. The van der Waals surface area contributed by atoms with Crippen LogP contribution in [-0.4, -0.2) is 0 Å². The zero-order valence-corrected chi connectivity index (χ0v) is 15.3. The Labute approximate surface area is 146 Å². The maximum atomic E-state index is 14.5. The molecule has 0 heterocycles. The molecule has 2 heteroatoms. The van der Waals surface area contributed by atoms with Gasteiger partial charge in [-0.05, 0) is 49.2 Å². The lowest BCUT2D eigenvalue weighted by Gasteiger charge is -2.22. The van der Waals surface area contributed by atoms with Crippen LogP contribution in [0, 0.1) is 17.6 Å². The zero-order valence-electron chi connectivity index (χ0n) is 15.3. The molecule has 1 aliphatic rings. The molecule has 0 amide bonds. The summed E-state index contributed by atoms with van der Waals surface area (Å²) in [5, 5.41) is 0. The predicted octanol–water partition coefficient (Wildman–Crippen LogP) is 7.46. The van der Waals surface area contributed by atoms with E-state index in [0.29, 0.717) is 17.5 Å². The van der Waals surface area contributed by atoms with Crippen LogP contribution in [0.4, 0.5) is 8.78 Å². The van der Waals surface area contributed by atoms with Gasteiger partial charge in [0, 0.05) is 5.56 Å². The van der Waals surface area contributed by atoms with Crippen LogP contribution >= 0.6 is 0 Å². The van der Waals surface area contributed by atoms with E-state index >= 15 is 0 Å². The zero-order chi connectivity index (χ0) is 17.4. The largest absolute Gasteiger partial charge is 0.203 e. The van der Waals surface area contributed by atoms with Crippen LogP contribution in [0.5, 0.6) is 0 Å². The van der Waals surface area contributed by atoms with E-state index in [-0.39, 0.29) is 0 Å². The van der Waals surface area contributed by atoms with Gasteiger partial charge in [0.15, 0.2) is 11.6 Å². The summed E-state index contributed by atoms with van der Waals surface area (Å²) in [5.74, 6) is -0.546. The third-order valence-electron chi connectivity index (χ3n) is 5.29. The second-order valence-corrected chi connectivity index (χ2v) is 7.22. The van der Waals surface area contributed by atoms with E-state index in [0.717, 1.165) is 50.0 Å². The van der Waals surface area contributed by atoms with E-state index in [1.54, 1.807) is 12.1 Å². The molecule has 2 rings (SSSR count). The van der Waals surface area contributed by atoms with Gasteiger partial charge in [-0.25, -0.2) is 8.78 Å². The molecule has 1 aromatic carbocycles. The number of halogens is 2. The number of hydrogen-bond acceptors (Lipinski definition) is 0. The molecule has 0 N–H and O–H groups in total.